The molecule has 0 spiro atoms. The summed E-state index contributed by atoms with van der Waals surface area (Å²) in [5.74, 6) is 0.352. The summed E-state index contributed by atoms with van der Waals surface area (Å²) < 4.78 is 0. The van der Waals surface area contributed by atoms with E-state index in [9.17, 15) is 5.11 Å². The number of aliphatic hydroxyl groups is 1. The molecular formula is C9H12OS. The third-order valence-corrected chi connectivity index (χ3v) is 3.51. The Labute approximate surface area is 70.7 Å². The van der Waals surface area contributed by atoms with Crippen LogP contribution in [0.5, 0.6) is 0 Å². The van der Waals surface area contributed by atoms with Crippen molar-refractivity contribution in [2.75, 3.05) is 0 Å². The van der Waals surface area contributed by atoms with Gasteiger partial charge in [0.05, 0.1) is 6.10 Å². The molecule has 1 aliphatic rings. The second-order valence-electron chi connectivity index (χ2n) is 3.19. The normalized spacial score (nSPS) is 30.0. The van der Waals surface area contributed by atoms with Gasteiger partial charge < -0.3 is 5.11 Å². The highest BCUT2D eigenvalue weighted by Gasteiger charge is 2.24. The molecule has 2 atom stereocenters. The molecule has 1 aromatic rings. The first-order chi connectivity index (χ1) is 5.29. The molecule has 0 bridgehead atoms. The molecule has 0 amide bonds. The molecule has 0 radical (unpaired) electrons. The van der Waals surface area contributed by atoms with Gasteiger partial charge in [0.15, 0.2) is 0 Å². The van der Waals surface area contributed by atoms with Crippen molar-refractivity contribution in [1.29, 1.82) is 0 Å². The second kappa shape index (κ2) is 2.61. The van der Waals surface area contributed by atoms with Gasteiger partial charge in [-0.1, -0.05) is 6.92 Å². The number of thiophene rings is 1. The SMILES string of the molecule is C[C@H]1c2ccsc2CC[C@H]1O. The van der Waals surface area contributed by atoms with Gasteiger partial charge in [-0.15, -0.1) is 11.3 Å². The van der Waals surface area contributed by atoms with Crippen molar-refractivity contribution in [3.8, 4) is 0 Å². The van der Waals surface area contributed by atoms with Gasteiger partial charge >= 0.3 is 0 Å². The summed E-state index contributed by atoms with van der Waals surface area (Å²) in [4.78, 5) is 1.47. The van der Waals surface area contributed by atoms with E-state index in [1.807, 2.05) is 11.3 Å². The Morgan fingerprint density at radius 3 is 3.27 bits per heavy atom. The maximum absolute atomic E-state index is 9.55. The van der Waals surface area contributed by atoms with E-state index in [4.69, 9.17) is 0 Å². The van der Waals surface area contributed by atoms with Crippen LogP contribution in [-0.4, -0.2) is 11.2 Å². The summed E-state index contributed by atoms with van der Waals surface area (Å²) in [6.07, 6.45) is 1.89. The monoisotopic (exact) mass is 168 g/mol. The van der Waals surface area contributed by atoms with Crippen LogP contribution in [0.4, 0.5) is 0 Å². The largest absolute Gasteiger partial charge is 0.392 e. The lowest BCUT2D eigenvalue weighted by Crippen LogP contribution is -2.21. The average Bonchev–Trinajstić information content (AvgIpc) is 2.45. The zero-order valence-corrected chi connectivity index (χ0v) is 7.40. The summed E-state index contributed by atoms with van der Waals surface area (Å²) in [5.41, 5.74) is 1.37. The Morgan fingerprint density at radius 2 is 2.45 bits per heavy atom. The molecule has 1 N–H and O–H groups in total. The van der Waals surface area contributed by atoms with Gasteiger partial charge in [-0.3, -0.25) is 0 Å². The molecule has 2 rings (SSSR count). The third-order valence-electron chi connectivity index (χ3n) is 2.51. The first-order valence-electron chi connectivity index (χ1n) is 4.03. The van der Waals surface area contributed by atoms with Crippen molar-refractivity contribution in [3.63, 3.8) is 0 Å². The van der Waals surface area contributed by atoms with Gasteiger partial charge in [0, 0.05) is 10.8 Å². The van der Waals surface area contributed by atoms with Crippen LogP contribution < -0.4 is 0 Å². The van der Waals surface area contributed by atoms with Crippen LogP contribution in [0, 0.1) is 0 Å². The van der Waals surface area contributed by atoms with Crippen LogP contribution in [0.2, 0.25) is 0 Å². The molecule has 0 fully saturated rings. The van der Waals surface area contributed by atoms with Crippen LogP contribution in [0.3, 0.4) is 0 Å². The van der Waals surface area contributed by atoms with Crippen LogP contribution in [0.1, 0.15) is 29.7 Å². The van der Waals surface area contributed by atoms with Gasteiger partial charge in [-0.05, 0) is 29.9 Å². The Balaban J connectivity index is 2.38. The fourth-order valence-corrected chi connectivity index (χ4v) is 2.70. The molecule has 0 saturated carbocycles. The fourth-order valence-electron chi connectivity index (χ4n) is 1.70. The first-order valence-corrected chi connectivity index (χ1v) is 4.91. The lowest BCUT2D eigenvalue weighted by Gasteiger charge is -2.24. The highest BCUT2D eigenvalue weighted by atomic mass is 32.1. The summed E-state index contributed by atoms with van der Waals surface area (Å²) >= 11 is 1.82. The minimum absolute atomic E-state index is 0.114. The molecule has 11 heavy (non-hydrogen) atoms. The molecule has 2 heteroatoms. The number of rotatable bonds is 0. The Hall–Kier alpha value is -0.340. The lowest BCUT2D eigenvalue weighted by molar-refractivity contribution is 0.133. The van der Waals surface area contributed by atoms with Gasteiger partial charge in [-0.2, -0.15) is 0 Å². The Kier molecular flexibility index (Phi) is 1.74. The summed E-state index contributed by atoms with van der Waals surface area (Å²) in [5, 5.41) is 11.7. The van der Waals surface area contributed by atoms with Gasteiger partial charge in [0.25, 0.3) is 0 Å². The minimum atomic E-state index is -0.114. The van der Waals surface area contributed by atoms with Crippen molar-refractivity contribution >= 4 is 11.3 Å². The van der Waals surface area contributed by atoms with Crippen LogP contribution >= 0.6 is 11.3 Å². The first kappa shape index (κ1) is 7.32. The van der Waals surface area contributed by atoms with Crippen LogP contribution in [-0.2, 0) is 6.42 Å². The van der Waals surface area contributed by atoms with E-state index in [2.05, 4.69) is 18.4 Å². The number of aryl methyl sites for hydroxylation is 1. The second-order valence-corrected chi connectivity index (χ2v) is 4.19. The van der Waals surface area contributed by atoms with Crippen molar-refractivity contribution in [3.05, 3.63) is 21.9 Å². The fraction of sp³-hybridized carbons (Fsp3) is 0.556. The molecule has 1 nitrogen and oxygen atoms in total. The van der Waals surface area contributed by atoms with E-state index in [0.717, 1.165) is 12.8 Å². The average molecular weight is 168 g/mol. The summed E-state index contributed by atoms with van der Waals surface area (Å²) in [7, 11) is 0. The summed E-state index contributed by atoms with van der Waals surface area (Å²) in [6.45, 7) is 2.11. The standard InChI is InChI=1S/C9H12OS/c1-6-7-4-5-11-9(7)3-2-8(6)10/h4-6,8,10H,2-3H2,1H3/t6-,8+/m0/s1. The Bertz CT molecular complexity index is 254. The van der Waals surface area contributed by atoms with E-state index < -0.39 is 0 Å². The van der Waals surface area contributed by atoms with Gasteiger partial charge in [0.1, 0.15) is 0 Å². The number of hydrogen-bond donors (Lipinski definition) is 1. The highest BCUT2D eigenvalue weighted by Crippen LogP contribution is 2.34. The van der Waals surface area contributed by atoms with Crippen molar-refractivity contribution < 1.29 is 5.11 Å². The third kappa shape index (κ3) is 1.10. The Morgan fingerprint density at radius 1 is 1.64 bits per heavy atom. The topological polar surface area (TPSA) is 20.2 Å². The van der Waals surface area contributed by atoms with E-state index in [-0.39, 0.29) is 6.10 Å². The number of hydrogen-bond acceptors (Lipinski definition) is 2. The van der Waals surface area contributed by atoms with Gasteiger partial charge in [0.2, 0.25) is 0 Å². The minimum Gasteiger partial charge on any atom is -0.392 e. The van der Waals surface area contributed by atoms with Crippen molar-refractivity contribution in [2.24, 2.45) is 0 Å². The summed E-state index contributed by atoms with van der Waals surface area (Å²) in [6, 6.07) is 2.15. The quantitative estimate of drug-likeness (QED) is 0.629. The highest BCUT2D eigenvalue weighted by molar-refractivity contribution is 7.10. The molecule has 1 heterocycles. The molecule has 1 aliphatic carbocycles. The number of fused-ring (bicyclic) bond motifs is 1. The van der Waals surface area contributed by atoms with E-state index in [0.29, 0.717) is 5.92 Å². The van der Waals surface area contributed by atoms with Crippen molar-refractivity contribution in [1.82, 2.24) is 0 Å². The molecular weight excluding hydrogens is 156 g/mol. The molecule has 0 unspecified atom stereocenters. The zero-order valence-electron chi connectivity index (χ0n) is 6.58. The van der Waals surface area contributed by atoms with Crippen molar-refractivity contribution in [2.45, 2.75) is 31.8 Å². The molecule has 0 aliphatic heterocycles. The lowest BCUT2D eigenvalue weighted by atomic mass is 9.87. The molecule has 60 valence electrons. The number of aliphatic hydroxyl groups excluding tert-OH is 1. The maximum atomic E-state index is 9.55. The molecule has 1 aromatic heterocycles. The maximum Gasteiger partial charge on any atom is 0.0609 e. The van der Waals surface area contributed by atoms with E-state index in [1.54, 1.807) is 0 Å². The zero-order chi connectivity index (χ0) is 7.84. The molecule has 0 aromatic carbocycles. The predicted octanol–water partition coefficient (Wildman–Crippen LogP) is 2.16. The van der Waals surface area contributed by atoms with Crippen LogP contribution in [0.25, 0.3) is 0 Å². The van der Waals surface area contributed by atoms with E-state index in [1.165, 1.54) is 10.4 Å². The molecule has 0 saturated heterocycles. The van der Waals surface area contributed by atoms with Gasteiger partial charge in [-0.25, -0.2) is 0 Å². The van der Waals surface area contributed by atoms with Crippen LogP contribution in [0.15, 0.2) is 11.4 Å². The van der Waals surface area contributed by atoms with E-state index >= 15 is 0 Å². The predicted molar refractivity (Wildman–Crippen MR) is 47.1 cm³/mol. The smallest absolute Gasteiger partial charge is 0.0609 e.